The molecule has 0 spiro atoms. The number of hydrogen-bond donors (Lipinski definition) is 2. The maximum absolute atomic E-state index is 10.9. The molecular weight excluding hydrogens is 302 g/mol. The summed E-state index contributed by atoms with van der Waals surface area (Å²) in [6, 6.07) is 1.96. The van der Waals surface area contributed by atoms with Crippen LogP contribution in [0.15, 0.2) is 28.6 Å². The fourth-order valence-corrected chi connectivity index (χ4v) is 3.43. The van der Waals surface area contributed by atoms with Crippen LogP contribution < -0.4 is 10.3 Å². The van der Waals surface area contributed by atoms with E-state index in [-0.39, 0.29) is 12.1 Å². The highest BCUT2D eigenvalue weighted by molar-refractivity contribution is 5.87. The first-order valence-corrected chi connectivity index (χ1v) is 8.77. The molecule has 3 heterocycles. The maximum Gasteiger partial charge on any atom is 0.156 e. The van der Waals surface area contributed by atoms with Crippen molar-refractivity contribution < 1.29 is 5.11 Å². The second-order valence-corrected chi connectivity index (χ2v) is 6.95. The van der Waals surface area contributed by atoms with Gasteiger partial charge in [0.15, 0.2) is 6.17 Å². The van der Waals surface area contributed by atoms with Gasteiger partial charge in [0.1, 0.15) is 11.6 Å². The Morgan fingerprint density at radius 3 is 2.79 bits per heavy atom. The van der Waals surface area contributed by atoms with Crippen molar-refractivity contribution in [3.8, 4) is 0 Å². The highest BCUT2D eigenvalue weighted by atomic mass is 16.3. The maximum atomic E-state index is 10.9. The number of nitrogens with zero attached hydrogens (tertiary/aromatic N) is 4. The van der Waals surface area contributed by atoms with Crippen molar-refractivity contribution >= 4 is 17.7 Å². The molecule has 2 aliphatic heterocycles. The molecule has 0 saturated heterocycles. The lowest BCUT2D eigenvalue weighted by molar-refractivity contribution is -0.000729. The van der Waals surface area contributed by atoms with Crippen LogP contribution in [0.2, 0.25) is 0 Å². The molecule has 24 heavy (non-hydrogen) atoms. The Balaban J connectivity index is 1.92. The number of pyridine rings is 1. The van der Waals surface area contributed by atoms with Gasteiger partial charge in [0.2, 0.25) is 0 Å². The molecule has 6 heteroatoms. The molecule has 2 N–H and O–H groups in total. The first kappa shape index (κ1) is 16.9. The number of hydrazone groups is 1. The van der Waals surface area contributed by atoms with Crippen molar-refractivity contribution in [3.05, 3.63) is 24.0 Å². The van der Waals surface area contributed by atoms with E-state index in [0.717, 1.165) is 36.3 Å². The largest absolute Gasteiger partial charge is 0.370 e. The molecule has 2 aliphatic rings. The minimum atomic E-state index is -1.05. The summed E-state index contributed by atoms with van der Waals surface area (Å²) in [5.74, 6) is 1.24. The van der Waals surface area contributed by atoms with Crippen molar-refractivity contribution in [2.24, 2.45) is 21.9 Å². The minimum absolute atomic E-state index is 0.192. The lowest BCUT2D eigenvalue weighted by atomic mass is 9.91. The molecule has 6 nitrogen and oxygen atoms in total. The number of aryl methyl sites for hydroxylation is 1. The highest BCUT2D eigenvalue weighted by Gasteiger charge is 2.47. The summed E-state index contributed by atoms with van der Waals surface area (Å²) in [5.41, 5.74) is 0.976. The van der Waals surface area contributed by atoms with Crippen molar-refractivity contribution in [2.45, 2.75) is 58.8 Å². The van der Waals surface area contributed by atoms with Crippen LogP contribution in [0.25, 0.3) is 0 Å². The number of amidine groups is 1. The fourth-order valence-electron chi connectivity index (χ4n) is 3.43. The van der Waals surface area contributed by atoms with Crippen molar-refractivity contribution in [3.63, 3.8) is 0 Å². The SMILES string of the molecule is CCC(CC)CC1=NC2C(C=NN2c2cnccc2C)[C@@](C)(O)N1. The van der Waals surface area contributed by atoms with E-state index < -0.39 is 5.72 Å². The van der Waals surface area contributed by atoms with Crippen LogP contribution in [0.5, 0.6) is 0 Å². The number of fused-ring (bicyclic) bond motifs is 1. The lowest BCUT2D eigenvalue weighted by Gasteiger charge is -2.40. The standard InChI is InChI=1S/C18H27N5O/c1-5-13(6-2)9-16-21-17-14(18(4,24)22-16)10-20-23(17)15-11-19-8-7-12(15)3/h7-8,10-11,13-14,17,24H,5-6,9H2,1-4H3,(H,21,22)/t14?,17?,18-/m1/s1. The topological polar surface area (TPSA) is 73.1 Å². The molecule has 3 rings (SSSR count). The third-order valence-corrected chi connectivity index (χ3v) is 5.15. The molecule has 2 unspecified atom stereocenters. The molecule has 1 aromatic heterocycles. The summed E-state index contributed by atoms with van der Waals surface area (Å²) in [4.78, 5) is 9.11. The van der Waals surface area contributed by atoms with Gasteiger partial charge in [-0.15, -0.1) is 0 Å². The number of aliphatic hydroxyl groups is 1. The first-order chi connectivity index (χ1) is 11.5. The van der Waals surface area contributed by atoms with Crippen LogP contribution in [0.4, 0.5) is 5.69 Å². The number of aliphatic imine (C=N–C) groups is 1. The van der Waals surface area contributed by atoms with Crippen LogP contribution in [0.3, 0.4) is 0 Å². The zero-order chi connectivity index (χ0) is 17.3. The number of rotatable bonds is 5. The summed E-state index contributed by atoms with van der Waals surface area (Å²) >= 11 is 0. The average Bonchev–Trinajstić information content (AvgIpc) is 2.97. The Morgan fingerprint density at radius 2 is 2.12 bits per heavy atom. The molecule has 1 aromatic rings. The predicted octanol–water partition coefficient (Wildman–Crippen LogP) is 2.67. The van der Waals surface area contributed by atoms with Gasteiger partial charge in [0, 0.05) is 18.8 Å². The first-order valence-electron chi connectivity index (χ1n) is 8.77. The van der Waals surface area contributed by atoms with Gasteiger partial charge in [-0.1, -0.05) is 26.7 Å². The normalized spacial score (nSPS) is 28.8. The molecule has 0 aliphatic carbocycles. The van der Waals surface area contributed by atoms with E-state index in [1.54, 1.807) is 19.3 Å². The zero-order valence-corrected chi connectivity index (χ0v) is 14.9. The summed E-state index contributed by atoms with van der Waals surface area (Å²) < 4.78 is 0. The molecule has 0 fully saturated rings. The smallest absolute Gasteiger partial charge is 0.156 e. The van der Waals surface area contributed by atoms with E-state index in [1.165, 1.54) is 0 Å². The molecule has 0 amide bonds. The van der Waals surface area contributed by atoms with Gasteiger partial charge in [-0.25, -0.2) is 10.0 Å². The van der Waals surface area contributed by atoms with Crippen LogP contribution >= 0.6 is 0 Å². The summed E-state index contributed by atoms with van der Waals surface area (Å²) in [6.07, 6.45) is 8.21. The average molecular weight is 329 g/mol. The second kappa shape index (κ2) is 6.51. The second-order valence-electron chi connectivity index (χ2n) is 6.95. The molecular formula is C18H27N5O. The van der Waals surface area contributed by atoms with Crippen LogP contribution in [-0.2, 0) is 0 Å². The van der Waals surface area contributed by atoms with E-state index in [0.29, 0.717) is 5.92 Å². The minimum Gasteiger partial charge on any atom is -0.370 e. The summed E-state index contributed by atoms with van der Waals surface area (Å²) in [6.45, 7) is 8.23. The Labute approximate surface area is 143 Å². The Hall–Kier alpha value is -1.95. The number of nitrogens with one attached hydrogen (secondary N) is 1. The van der Waals surface area contributed by atoms with Gasteiger partial charge >= 0.3 is 0 Å². The van der Waals surface area contributed by atoms with Gasteiger partial charge in [-0.3, -0.25) is 4.98 Å². The summed E-state index contributed by atoms with van der Waals surface area (Å²) in [7, 11) is 0. The van der Waals surface area contributed by atoms with Gasteiger partial charge in [-0.05, 0) is 31.4 Å². The van der Waals surface area contributed by atoms with Crippen molar-refractivity contribution in [1.29, 1.82) is 0 Å². The fraction of sp³-hybridized carbons (Fsp3) is 0.611. The Bertz CT molecular complexity index is 651. The van der Waals surface area contributed by atoms with E-state index in [2.05, 4.69) is 29.2 Å². The van der Waals surface area contributed by atoms with Crippen molar-refractivity contribution in [2.75, 3.05) is 5.01 Å². The summed E-state index contributed by atoms with van der Waals surface area (Å²) in [5, 5.41) is 20.5. The van der Waals surface area contributed by atoms with Gasteiger partial charge in [0.05, 0.1) is 17.8 Å². The molecule has 0 saturated carbocycles. The van der Waals surface area contributed by atoms with Crippen LogP contribution in [0, 0.1) is 18.8 Å². The van der Waals surface area contributed by atoms with Crippen LogP contribution in [-0.4, -0.2) is 34.0 Å². The monoisotopic (exact) mass is 329 g/mol. The molecule has 0 aromatic carbocycles. The third-order valence-electron chi connectivity index (χ3n) is 5.15. The molecule has 0 radical (unpaired) electrons. The van der Waals surface area contributed by atoms with Crippen LogP contribution in [0.1, 0.15) is 45.6 Å². The molecule has 0 bridgehead atoms. The predicted molar refractivity (Wildman–Crippen MR) is 97.1 cm³/mol. The number of hydrogen-bond acceptors (Lipinski definition) is 6. The highest BCUT2D eigenvalue weighted by Crippen LogP contribution is 2.35. The quantitative estimate of drug-likeness (QED) is 0.871. The number of anilines is 1. The number of aromatic nitrogens is 1. The van der Waals surface area contributed by atoms with E-state index >= 15 is 0 Å². The van der Waals surface area contributed by atoms with E-state index in [4.69, 9.17) is 4.99 Å². The van der Waals surface area contributed by atoms with Gasteiger partial charge in [-0.2, -0.15) is 5.10 Å². The van der Waals surface area contributed by atoms with Gasteiger partial charge in [0.25, 0.3) is 0 Å². The third kappa shape index (κ3) is 3.02. The zero-order valence-electron chi connectivity index (χ0n) is 14.9. The Morgan fingerprint density at radius 1 is 1.38 bits per heavy atom. The van der Waals surface area contributed by atoms with Crippen molar-refractivity contribution in [1.82, 2.24) is 10.3 Å². The van der Waals surface area contributed by atoms with Gasteiger partial charge < -0.3 is 10.4 Å². The lowest BCUT2D eigenvalue weighted by Crippen LogP contribution is -2.60. The molecule has 3 atom stereocenters. The Kier molecular flexibility index (Phi) is 4.58. The molecule has 130 valence electrons. The van der Waals surface area contributed by atoms with E-state index in [9.17, 15) is 5.11 Å². The van der Waals surface area contributed by atoms with E-state index in [1.807, 2.05) is 24.2 Å².